The number of furan rings is 1. The molecule has 0 spiro atoms. The van der Waals surface area contributed by atoms with Crippen LogP contribution in [0.25, 0.3) is 11.0 Å². The van der Waals surface area contributed by atoms with Gasteiger partial charge in [-0.3, -0.25) is 9.52 Å². The summed E-state index contributed by atoms with van der Waals surface area (Å²) in [6.45, 7) is 0. The number of nitrogens with one attached hydrogen (secondary N) is 2. The van der Waals surface area contributed by atoms with E-state index >= 15 is 4.39 Å². The fraction of sp³-hybridized carbons (Fsp3) is 0.0500. The molecule has 0 amide bonds. The number of hydrogen-bond donors (Lipinski definition) is 2. The Morgan fingerprint density at radius 1 is 1.21 bits per heavy atom. The van der Waals surface area contributed by atoms with Crippen molar-refractivity contribution in [2.75, 3.05) is 11.8 Å². The van der Waals surface area contributed by atoms with Gasteiger partial charge in [0.1, 0.15) is 11.5 Å². The highest BCUT2D eigenvalue weighted by Crippen LogP contribution is 2.29. The lowest BCUT2D eigenvalue weighted by molar-refractivity contribution is 0.0559. The van der Waals surface area contributed by atoms with Crippen LogP contribution in [0.15, 0.2) is 52.2 Å². The molecule has 0 aliphatic heterocycles. The summed E-state index contributed by atoms with van der Waals surface area (Å²) in [6.07, 6.45) is 2.54. The summed E-state index contributed by atoms with van der Waals surface area (Å²) in [4.78, 5) is 31.1. The van der Waals surface area contributed by atoms with Crippen LogP contribution in [0.1, 0.15) is 26.5 Å². The van der Waals surface area contributed by atoms with Crippen molar-refractivity contribution in [2.45, 2.75) is 5.09 Å². The van der Waals surface area contributed by atoms with Crippen molar-refractivity contribution < 1.29 is 35.9 Å². The number of pyridine rings is 1. The maximum Gasteiger partial charge on any atom is 0.374 e. The number of sulfonamides is 1. The Hall–Kier alpha value is -3.77. The molecule has 0 atom stereocenters. The first kappa shape index (κ1) is 22.4. The summed E-state index contributed by atoms with van der Waals surface area (Å²) in [5.74, 6) is -5.05. The fourth-order valence-electron chi connectivity index (χ4n) is 3.01. The van der Waals surface area contributed by atoms with Gasteiger partial charge in [0.15, 0.2) is 5.82 Å². The van der Waals surface area contributed by atoms with E-state index in [4.69, 9.17) is 16.0 Å². The van der Waals surface area contributed by atoms with E-state index in [-0.39, 0.29) is 21.6 Å². The summed E-state index contributed by atoms with van der Waals surface area (Å²) in [6, 6.07) is 4.93. The van der Waals surface area contributed by atoms with Crippen molar-refractivity contribution in [3.8, 4) is 0 Å². The molecule has 9 nitrogen and oxygen atoms in total. The van der Waals surface area contributed by atoms with Crippen LogP contribution in [0.2, 0.25) is 5.02 Å². The average molecular weight is 496 g/mol. The van der Waals surface area contributed by atoms with Crippen LogP contribution in [0.5, 0.6) is 0 Å². The Morgan fingerprint density at radius 3 is 2.70 bits per heavy atom. The third-order valence-corrected chi connectivity index (χ3v) is 5.98. The molecular formula is C20H12ClF2N3O6S. The zero-order chi connectivity index (χ0) is 23.9. The number of H-pyrrole nitrogens is 1. The molecule has 1 aromatic carbocycles. The molecule has 13 heteroatoms. The van der Waals surface area contributed by atoms with E-state index in [1.165, 1.54) is 18.5 Å². The topological polar surface area (TPSA) is 131 Å². The molecule has 0 saturated heterocycles. The van der Waals surface area contributed by atoms with Gasteiger partial charge in [0, 0.05) is 23.3 Å². The standard InChI is InChI=1S/C20H12ClF2N3O6S/c1-31-20(28)14-4-5-15(32-14)33(29,30)26-13-3-2-12(22)16(17(13)23)18(27)11-8-25-19-10(11)6-9(21)7-24-19/h2-8,26H,1H3,(H,24,25). The third-order valence-electron chi connectivity index (χ3n) is 4.54. The van der Waals surface area contributed by atoms with Crippen LogP contribution in [0.3, 0.4) is 0 Å². The van der Waals surface area contributed by atoms with Crippen molar-refractivity contribution in [3.63, 3.8) is 0 Å². The molecule has 0 unspecified atom stereocenters. The van der Waals surface area contributed by atoms with E-state index in [0.717, 1.165) is 31.4 Å². The fourth-order valence-corrected chi connectivity index (χ4v) is 4.16. The zero-order valence-corrected chi connectivity index (χ0v) is 18.1. The second-order valence-corrected chi connectivity index (χ2v) is 8.63. The zero-order valence-electron chi connectivity index (χ0n) is 16.5. The number of carbonyl (C=O) groups excluding carboxylic acids is 2. The van der Waals surface area contributed by atoms with Gasteiger partial charge < -0.3 is 14.1 Å². The highest BCUT2D eigenvalue weighted by atomic mass is 35.5. The highest BCUT2D eigenvalue weighted by Gasteiger charge is 2.28. The number of ketones is 1. The van der Waals surface area contributed by atoms with E-state index in [1.54, 1.807) is 0 Å². The first-order valence-corrected chi connectivity index (χ1v) is 10.8. The number of hydrogen-bond acceptors (Lipinski definition) is 7. The lowest BCUT2D eigenvalue weighted by atomic mass is 10.0. The molecule has 0 aliphatic carbocycles. The number of fused-ring (bicyclic) bond motifs is 1. The number of anilines is 1. The van der Waals surface area contributed by atoms with Gasteiger partial charge in [-0.1, -0.05) is 11.6 Å². The van der Waals surface area contributed by atoms with E-state index in [2.05, 4.69) is 14.7 Å². The van der Waals surface area contributed by atoms with Gasteiger partial charge in [-0.05, 0) is 30.3 Å². The Morgan fingerprint density at radius 2 is 1.97 bits per heavy atom. The van der Waals surface area contributed by atoms with Gasteiger partial charge >= 0.3 is 5.97 Å². The number of ether oxygens (including phenoxy) is 1. The number of aromatic amines is 1. The molecule has 4 aromatic rings. The molecular weight excluding hydrogens is 484 g/mol. The largest absolute Gasteiger partial charge is 0.463 e. The van der Waals surface area contributed by atoms with Gasteiger partial charge in [0.05, 0.1) is 23.4 Å². The second kappa shape index (κ2) is 8.30. The van der Waals surface area contributed by atoms with Gasteiger partial charge in [-0.15, -0.1) is 0 Å². The smallest absolute Gasteiger partial charge is 0.374 e. The highest BCUT2D eigenvalue weighted by molar-refractivity contribution is 7.92. The second-order valence-electron chi connectivity index (χ2n) is 6.58. The summed E-state index contributed by atoms with van der Waals surface area (Å²) in [5.41, 5.74) is -1.57. The van der Waals surface area contributed by atoms with Gasteiger partial charge in [-0.2, -0.15) is 8.42 Å². The molecule has 4 rings (SSSR count). The Kier molecular flexibility index (Phi) is 5.64. The van der Waals surface area contributed by atoms with Crippen LogP contribution < -0.4 is 4.72 Å². The normalized spacial score (nSPS) is 11.5. The Bertz CT molecular complexity index is 1530. The quantitative estimate of drug-likeness (QED) is 0.306. The number of methoxy groups -OCH3 is 1. The Labute approximate surface area is 189 Å². The molecule has 3 aromatic heterocycles. The predicted molar refractivity (Wildman–Crippen MR) is 112 cm³/mol. The van der Waals surface area contributed by atoms with E-state index in [1.807, 2.05) is 4.72 Å². The van der Waals surface area contributed by atoms with Crippen molar-refractivity contribution >= 4 is 50.1 Å². The Balaban J connectivity index is 1.72. The maximum atomic E-state index is 15.1. The van der Waals surface area contributed by atoms with E-state index < -0.39 is 55.5 Å². The van der Waals surface area contributed by atoms with Crippen LogP contribution in [0, 0.1) is 11.6 Å². The van der Waals surface area contributed by atoms with Crippen molar-refractivity contribution in [2.24, 2.45) is 0 Å². The molecule has 3 heterocycles. The summed E-state index contributed by atoms with van der Waals surface area (Å²) < 4.78 is 66.0. The molecule has 0 fully saturated rings. The number of carbonyl (C=O) groups is 2. The van der Waals surface area contributed by atoms with E-state index in [0.29, 0.717) is 0 Å². The minimum absolute atomic E-state index is 0.119. The molecule has 33 heavy (non-hydrogen) atoms. The summed E-state index contributed by atoms with van der Waals surface area (Å²) in [7, 11) is -3.47. The number of halogens is 3. The van der Waals surface area contributed by atoms with Gasteiger partial charge in [0.25, 0.3) is 10.0 Å². The van der Waals surface area contributed by atoms with Crippen LogP contribution >= 0.6 is 11.6 Å². The minimum atomic E-state index is -4.54. The van der Waals surface area contributed by atoms with Crippen LogP contribution in [-0.4, -0.2) is 37.2 Å². The number of rotatable bonds is 6. The van der Waals surface area contributed by atoms with E-state index in [9.17, 15) is 22.4 Å². The first-order valence-electron chi connectivity index (χ1n) is 8.98. The molecule has 0 aliphatic rings. The van der Waals surface area contributed by atoms with Gasteiger partial charge in [-0.25, -0.2) is 18.6 Å². The summed E-state index contributed by atoms with van der Waals surface area (Å²) in [5, 5.41) is -0.302. The SMILES string of the molecule is COC(=O)c1ccc(S(=O)(=O)Nc2ccc(F)c(C(=O)c3c[nH]c4ncc(Cl)cc34)c2F)o1. The van der Waals surface area contributed by atoms with Crippen molar-refractivity contribution in [1.29, 1.82) is 0 Å². The first-order chi connectivity index (χ1) is 15.6. The van der Waals surface area contributed by atoms with Crippen LogP contribution in [0.4, 0.5) is 14.5 Å². The molecule has 170 valence electrons. The summed E-state index contributed by atoms with van der Waals surface area (Å²) >= 11 is 5.90. The molecule has 0 radical (unpaired) electrons. The van der Waals surface area contributed by atoms with Gasteiger partial charge in [0.2, 0.25) is 16.6 Å². The third kappa shape index (κ3) is 4.05. The van der Waals surface area contributed by atoms with Crippen LogP contribution in [-0.2, 0) is 14.8 Å². The van der Waals surface area contributed by atoms with Crippen molar-refractivity contribution in [3.05, 3.63) is 76.3 Å². The minimum Gasteiger partial charge on any atom is -0.463 e. The lowest BCUT2D eigenvalue weighted by Gasteiger charge is -2.10. The monoisotopic (exact) mass is 495 g/mol. The lowest BCUT2D eigenvalue weighted by Crippen LogP contribution is -2.16. The maximum absolute atomic E-state index is 15.1. The molecule has 2 N–H and O–H groups in total. The number of aromatic nitrogens is 2. The van der Waals surface area contributed by atoms with Crippen molar-refractivity contribution in [1.82, 2.24) is 9.97 Å². The molecule has 0 bridgehead atoms. The number of benzene rings is 1. The predicted octanol–water partition coefficient (Wildman–Crippen LogP) is 3.91. The average Bonchev–Trinajstić information content (AvgIpc) is 3.43. The number of nitrogens with zero attached hydrogens (tertiary/aromatic N) is 1. The number of esters is 1. The molecule has 0 saturated carbocycles.